The molecule has 0 spiro atoms. The summed E-state index contributed by atoms with van der Waals surface area (Å²) in [5, 5.41) is 13.3. The number of rotatable bonds is 4. The SMILES string of the molecule is CCOc1ccccc1C(=O)Nc1sc2c(c1C#N)CC[C@H](C(C)(C)C)C2. The average molecular weight is 383 g/mol. The molecule has 1 N–H and O–H groups in total. The van der Waals surface area contributed by atoms with Crippen LogP contribution in [0.25, 0.3) is 0 Å². The minimum Gasteiger partial charge on any atom is -0.493 e. The van der Waals surface area contributed by atoms with E-state index in [2.05, 4.69) is 32.2 Å². The van der Waals surface area contributed by atoms with Gasteiger partial charge in [0.25, 0.3) is 5.91 Å². The molecule has 1 atom stereocenters. The van der Waals surface area contributed by atoms with Crippen LogP contribution in [0.4, 0.5) is 5.00 Å². The van der Waals surface area contributed by atoms with Crippen LogP contribution in [0.2, 0.25) is 0 Å². The number of para-hydroxylation sites is 1. The van der Waals surface area contributed by atoms with E-state index in [0.29, 0.717) is 34.4 Å². The lowest BCUT2D eigenvalue weighted by molar-refractivity contribution is 0.102. The second-order valence-electron chi connectivity index (χ2n) is 8.01. The minimum absolute atomic E-state index is 0.235. The van der Waals surface area contributed by atoms with Gasteiger partial charge in [-0.3, -0.25) is 4.79 Å². The maximum Gasteiger partial charge on any atom is 0.260 e. The van der Waals surface area contributed by atoms with Crippen LogP contribution in [0.15, 0.2) is 24.3 Å². The molecule has 1 aliphatic carbocycles. The van der Waals surface area contributed by atoms with E-state index in [-0.39, 0.29) is 11.3 Å². The standard InChI is InChI=1S/C22H26N2O2S/c1-5-26-18-9-7-6-8-16(18)20(25)24-21-17(13-23)15-11-10-14(22(2,3)4)12-19(15)27-21/h6-9,14H,5,10-12H2,1-4H3,(H,24,25)/t14-/m0/s1. The van der Waals surface area contributed by atoms with Gasteiger partial charge in [-0.05, 0) is 55.2 Å². The number of nitriles is 1. The second kappa shape index (κ2) is 7.74. The number of nitrogens with zero attached hydrogens (tertiary/aromatic N) is 1. The lowest BCUT2D eigenvalue weighted by Crippen LogP contribution is -2.26. The molecule has 0 radical (unpaired) electrons. The van der Waals surface area contributed by atoms with Gasteiger partial charge in [-0.2, -0.15) is 5.26 Å². The molecular weight excluding hydrogens is 356 g/mol. The molecule has 142 valence electrons. The number of ether oxygens (including phenoxy) is 1. The van der Waals surface area contributed by atoms with Gasteiger partial charge in [0.05, 0.1) is 17.7 Å². The van der Waals surface area contributed by atoms with Gasteiger partial charge < -0.3 is 10.1 Å². The Balaban J connectivity index is 1.88. The molecule has 3 rings (SSSR count). The van der Waals surface area contributed by atoms with Crippen LogP contribution in [-0.4, -0.2) is 12.5 Å². The first kappa shape index (κ1) is 19.4. The number of hydrogen-bond acceptors (Lipinski definition) is 4. The lowest BCUT2D eigenvalue weighted by Gasteiger charge is -2.33. The molecular formula is C22H26N2O2S. The third-order valence-electron chi connectivity index (χ3n) is 5.26. The molecule has 1 aliphatic rings. The van der Waals surface area contributed by atoms with Gasteiger partial charge in [-0.25, -0.2) is 0 Å². The summed E-state index contributed by atoms with van der Waals surface area (Å²) in [5.41, 5.74) is 2.48. The fraction of sp³-hybridized carbons (Fsp3) is 0.455. The van der Waals surface area contributed by atoms with Crippen molar-refractivity contribution in [3.63, 3.8) is 0 Å². The minimum atomic E-state index is -0.235. The van der Waals surface area contributed by atoms with E-state index in [9.17, 15) is 10.1 Å². The zero-order valence-corrected chi connectivity index (χ0v) is 17.2. The summed E-state index contributed by atoms with van der Waals surface area (Å²) in [5.74, 6) is 0.920. The van der Waals surface area contributed by atoms with Crippen LogP contribution in [0.5, 0.6) is 5.75 Å². The fourth-order valence-electron chi connectivity index (χ4n) is 3.64. The molecule has 2 aromatic rings. The highest BCUT2D eigenvalue weighted by Crippen LogP contribution is 2.44. The molecule has 27 heavy (non-hydrogen) atoms. The molecule has 5 heteroatoms. The van der Waals surface area contributed by atoms with Gasteiger partial charge in [-0.1, -0.05) is 32.9 Å². The van der Waals surface area contributed by atoms with Crippen LogP contribution >= 0.6 is 11.3 Å². The maximum atomic E-state index is 12.8. The van der Waals surface area contributed by atoms with E-state index >= 15 is 0 Å². The lowest BCUT2D eigenvalue weighted by atomic mass is 9.72. The molecule has 4 nitrogen and oxygen atoms in total. The summed E-state index contributed by atoms with van der Waals surface area (Å²) >= 11 is 1.55. The maximum absolute atomic E-state index is 12.8. The molecule has 0 fully saturated rings. The van der Waals surface area contributed by atoms with Crippen LogP contribution in [0, 0.1) is 22.7 Å². The van der Waals surface area contributed by atoms with Crippen molar-refractivity contribution in [2.24, 2.45) is 11.3 Å². The first-order valence-corrected chi connectivity index (χ1v) is 10.2. The number of carbonyl (C=O) groups is 1. The van der Waals surface area contributed by atoms with Gasteiger partial charge in [0.1, 0.15) is 16.8 Å². The normalized spacial score (nSPS) is 16.3. The van der Waals surface area contributed by atoms with Gasteiger partial charge in [0.2, 0.25) is 0 Å². The summed E-state index contributed by atoms with van der Waals surface area (Å²) in [7, 11) is 0. The van der Waals surface area contributed by atoms with Crippen molar-refractivity contribution in [3.05, 3.63) is 45.8 Å². The largest absolute Gasteiger partial charge is 0.493 e. The summed E-state index contributed by atoms with van der Waals surface area (Å²) in [6.07, 6.45) is 2.97. The number of nitrogens with one attached hydrogen (secondary N) is 1. The molecule has 0 unspecified atom stereocenters. The van der Waals surface area contributed by atoms with Gasteiger partial charge >= 0.3 is 0 Å². The number of carbonyl (C=O) groups excluding carboxylic acids is 1. The van der Waals surface area contributed by atoms with Gasteiger partial charge in [0.15, 0.2) is 0 Å². The Morgan fingerprint density at radius 2 is 2.11 bits per heavy atom. The van der Waals surface area contributed by atoms with Crippen LogP contribution in [0.3, 0.4) is 0 Å². The molecule has 0 saturated carbocycles. The Labute approximate surface area is 165 Å². The summed E-state index contributed by atoms with van der Waals surface area (Å²) in [6.45, 7) is 9.20. The highest BCUT2D eigenvalue weighted by atomic mass is 32.1. The van der Waals surface area contributed by atoms with Crippen molar-refractivity contribution in [1.82, 2.24) is 0 Å². The molecule has 1 aromatic carbocycles. The summed E-state index contributed by atoms with van der Waals surface area (Å²) in [6, 6.07) is 9.51. The van der Waals surface area contributed by atoms with E-state index in [4.69, 9.17) is 4.74 Å². The molecule has 1 heterocycles. The first-order chi connectivity index (χ1) is 12.8. The number of thiophene rings is 1. The zero-order chi connectivity index (χ0) is 19.6. The Morgan fingerprint density at radius 1 is 1.37 bits per heavy atom. The van der Waals surface area contributed by atoms with Crippen molar-refractivity contribution >= 4 is 22.2 Å². The Kier molecular flexibility index (Phi) is 5.57. The third-order valence-corrected chi connectivity index (χ3v) is 6.43. The van der Waals surface area contributed by atoms with Gasteiger partial charge in [0, 0.05) is 4.88 Å². The molecule has 0 saturated heterocycles. The molecule has 0 aliphatic heterocycles. The van der Waals surface area contributed by atoms with Crippen molar-refractivity contribution in [3.8, 4) is 11.8 Å². The number of fused-ring (bicyclic) bond motifs is 1. The zero-order valence-electron chi connectivity index (χ0n) is 16.4. The quantitative estimate of drug-likeness (QED) is 0.768. The van der Waals surface area contributed by atoms with Crippen molar-refractivity contribution in [1.29, 1.82) is 5.26 Å². The second-order valence-corrected chi connectivity index (χ2v) is 9.11. The number of hydrogen-bond donors (Lipinski definition) is 1. The van der Waals surface area contributed by atoms with Crippen molar-refractivity contribution in [2.75, 3.05) is 11.9 Å². The highest BCUT2D eigenvalue weighted by molar-refractivity contribution is 7.16. The number of amides is 1. The Morgan fingerprint density at radius 3 is 2.78 bits per heavy atom. The van der Waals surface area contributed by atoms with E-state index in [1.54, 1.807) is 23.5 Å². The Hall–Kier alpha value is -2.32. The first-order valence-electron chi connectivity index (χ1n) is 9.43. The number of anilines is 1. The van der Waals surface area contributed by atoms with Crippen LogP contribution < -0.4 is 10.1 Å². The van der Waals surface area contributed by atoms with E-state index < -0.39 is 0 Å². The Bertz CT molecular complexity index is 887. The predicted octanol–water partition coefficient (Wildman–Crippen LogP) is 5.42. The molecule has 0 bridgehead atoms. The summed E-state index contributed by atoms with van der Waals surface area (Å²) < 4.78 is 5.56. The van der Waals surface area contributed by atoms with Crippen molar-refractivity contribution < 1.29 is 9.53 Å². The number of benzene rings is 1. The summed E-state index contributed by atoms with van der Waals surface area (Å²) in [4.78, 5) is 14.1. The average Bonchev–Trinajstić information content (AvgIpc) is 2.97. The van der Waals surface area contributed by atoms with E-state index in [0.717, 1.165) is 24.8 Å². The fourth-order valence-corrected chi connectivity index (χ4v) is 4.91. The molecule has 1 amide bonds. The van der Waals surface area contributed by atoms with Crippen molar-refractivity contribution in [2.45, 2.75) is 47.0 Å². The van der Waals surface area contributed by atoms with E-state index in [1.807, 2.05) is 19.1 Å². The van der Waals surface area contributed by atoms with E-state index in [1.165, 1.54) is 4.88 Å². The smallest absolute Gasteiger partial charge is 0.260 e. The van der Waals surface area contributed by atoms with Gasteiger partial charge in [-0.15, -0.1) is 11.3 Å². The highest BCUT2D eigenvalue weighted by Gasteiger charge is 2.32. The third kappa shape index (κ3) is 4.01. The monoisotopic (exact) mass is 382 g/mol. The predicted molar refractivity (Wildman–Crippen MR) is 110 cm³/mol. The molecule has 1 aromatic heterocycles. The van der Waals surface area contributed by atoms with Crippen LogP contribution in [0.1, 0.15) is 60.5 Å². The van der Waals surface area contributed by atoms with Crippen LogP contribution in [-0.2, 0) is 12.8 Å². The topological polar surface area (TPSA) is 62.1 Å².